The molecule has 1 aliphatic rings. The summed E-state index contributed by atoms with van der Waals surface area (Å²) in [5.74, 6) is 0.102. The Bertz CT molecular complexity index is 993. The molecule has 1 aromatic carbocycles. The number of hydrogen-bond acceptors (Lipinski definition) is 3. The summed E-state index contributed by atoms with van der Waals surface area (Å²) < 4.78 is 13.0. The van der Waals surface area contributed by atoms with Gasteiger partial charge >= 0.3 is 0 Å². The first kappa shape index (κ1) is 17.3. The first-order valence-electron chi connectivity index (χ1n) is 9.11. The molecule has 138 valence electrons. The highest BCUT2D eigenvalue weighted by atomic mass is 19.1. The summed E-state index contributed by atoms with van der Waals surface area (Å²) in [6.07, 6.45) is 7.39. The van der Waals surface area contributed by atoms with Crippen molar-refractivity contribution >= 4 is 22.8 Å². The largest absolute Gasteiger partial charge is 0.378 e. The molecule has 0 saturated carbocycles. The van der Waals surface area contributed by atoms with E-state index in [1.54, 1.807) is 6.07 Å². The predicted octanol–water partition coefficient (Wildman–Crippen LogP) is 4.28. The quantitative estimate of drug-likeness (QED) is 0.726. The predicted molar refractivity (Wildman–Crippen MR) is 104 cm³/mol. The van der Waals surface area contributed by atoms with Crippen molar-refractivity contribution in [3.63, 3.8) is 0 Å². The molecule has 3 heterocycles. The highest BCUT2D eigenvalue weighted by molar-refractivity contribution is 6.04. The SMILES string of the molecule is CCN1C=CC(c2c[nH]c3ccc(NC(=O)c4ccc(F)cc4)nc23)CC1. The number of nitrogens with one attached hydrogen (secondary N) is 2. The molecule has 1 amide bonds. The summed E-state index contributed by atoms with van der Waals surface area (Å²) >= 11 is 0. The number of fused-ring (bicyclic) bond motifs is 1. The number of carbonyl (C=O) groups is 1. The lowest BCUT2D eigenvalue weighted by Gasteiger charge is -2.26. The lowest BCUT2D eigenvalue weighted by atomic mass is 9.95. The smallest absolute Gasteiger partial charge is 0.256 e. The molecule has 0 bridgehead atoms. The summed E-state index contributed by atoms with van der Waals surface area (Å²) in [6.45, 7) is 4.17. The van der Waals surface area contributed by atoms with Crippen LogP contribution >= 0.6 is 0 Å². The number of aromatic amines is 1. The Kier molecular flexibility index (Phi) is 4.62. The first-order chi connectivity index (χ1) is 13.1. The molecule has 1 aliphatic heterocycles. The number of carbonyl (C=O) groups excluding carboxylic acids is 1. The molecule has 1 atom stereocenters. The molecule has 6 heteroatoms. The van der Waals surface area contributed by atoms with E-state index in [-0.39, 0.29) is 11.7 Å². The molecule has 1 unspecified atom stereocenters. The van der Waals surface area contributed by atoms with Crippen LogP contribution in [0.1, 0.15) is 35.2 Å². The van der Waals surface area contributed by atoms with Gasteiger partial charge in [0, 0.05) is 36.3 Å². The number of pyridine rings is 1. The number of nitrogens with zero attached hydrogens (tertiary/aromatic N) is 2. The number of benzene rings is 1. The van der Waals surface area contributed by atoms with Crippen molar-refractivity contribution in [1.29, 1.82) is 0 Å². The van der Waals surface area contributed by atoms with Gasteiger partial charge in [0.15, 0.2) is 0 Å². The van der Waals surface area contributed by atoms with Crippen LogP contribution < -0.4 is 5.32 Å². The van der Waals surface area contributed by atoms with Crippen LogP contribution in [0.3, 0.4) is 0 Å². The number of amides is 1. The minimum absolute atomic E-state index is 0.303. The molecular weight excluding hydrogens is 343 g/mol. The normalized spacial score (nSPS) is 16.7. The lowest BCUT2D eigenvalue weighted by molar-refractivity contribution is 0.102. The summed E-state index contributed by atoms with van der Waals surface area (Å²) in [5.41, 5.74) is 3.33. The van der Waals surface area contributed by atoms with Gasteiger partial charge in [-0.25, -0.2) is 9.37 Å². The maximum Gasteiger partial charge on any atom is 0.256 e. The third-order valence-corrected chi connectivity index (χ3v) is 4.96. The van der Waals surface area contributed by atoms with Gasteiger partial charge in [-0.2, -0.15) is 0 Å². The maximum absolute atomic E-state index is 13.0. The van der Waals surface area contributed by atoms with Crippen molar-refractivity contribution in [3.8, 4) is 0 Å². The molecule has 3 aromatic rings. The fourth-order valence-corrected chi connectivity index (χ4v) is 3.39. The van der Waals surface area contributed by atoms with Gasteiger partial charge in [0.1, 0.15) is 11.6 Å². The van der Waals surface area contributed by atoms with Crippen molar-refractivity contribution in [3.05, 3.63) is 71.8 Å². The van der Waals surface area contributed by atoms with Crippen LogP contribution in [-0.4, -0.2) is 33.9 Å². The summed E-state index contributed by atoms with van der Waals surface area (Å²) in [7, 11) is 0. The molecule has 0 radical (unpaired) electrons. The van der Waals surface area contributed by atoms with Gasteiger partial charge in [0.05, 0.1) is 11.0 Å². The molecular formula is C21H21FN4O. The Balaban J connectivity index is 1.58. The van der Waals surface area contributed by atoms with E-state index in [1.807, 2.05) is 12.3 Å². The van der Waals surface area contributed by atoms with E-state index in [0.29, 0.717) is 17.3 Å². The van der Waals surface area contributed by atoms with Crippen molar-refractivity contribution in [2.75, 3.05) is 18.4 Å². The molecule has 27 heavy (non-hydrogen) atoms. The Morgan fingerprint density at radius 2 is 2.11 bits per heavy atom. The van der Waals surface area contributed by atoms with E-state index in [4.69, 9.17) is 0 Å². The Morgan fingerprint density at radius 3 is 2.81 bits per heavy atom. The maximum atomic E-state index is 13.0. The fourth-order valence-electron chi connectivity index (χ4n) is 3.39. The molecule has 0 saturated heterocycles. The van der Waals surface area contributed by atoms with Gasteiger partial charge in [-0.05, 0) is 55.9 Å². The average Bonchev–Trinajstić information content (AvgIpc) is 3.12. The second kappa shape index (κ2) is 7.23. The van der Waals surface area contributed by atoms with Crippen LogP contribution in [0.4, 0.5) is 10.2 Å². The molecule has 0 fully saturated rings. The molecule has 2 aromatic heterocycles. The fraction of sp³-hybridized carbons (Fsp3) is 0.238. The van der Waals surface area contributed by atoms with Crippen molar-refractivity contribution in [1.82, 2.24) is 14.9 Å². The Morgan fingerprint density at radius 1 is 1.30 bits per heavy atom. The number of halogens is 1. The highest BCUT2D eigenvalue weighted by Gasteiger charge is 2.19. The number of hydrogen-bond donors (Lipinski definition) is 2. The van der Waals surface area contributed by atoms with E-state index >= 15 is 0 Å². The zero-order chi connectivity index (χ0) is 18.8. The van der Waals surface area contributed by atoms with Crippen LogP contribution in [0.15, 0.2) is 54.9 Å². The van der Waals surface area contributed by atoms with Gasteiger partial charge in [0.25, 0.3) is 5.91 Å². The number of anilines is 1. The standard InChI is InChI=1S/C21H21FN4O/c1-2-26-11-9-14(10-12-26)17-13-23-18-7-8-19(24-20(17)18)25-21(27)15-3-5-16(22)6-4-15/h3-9,11,13-14,23H,2,10,12H2,1H3,(H,24,25,27). The van der Waals surface area contributed by atoms with Gasteiger partial charge in [-0.3, -0.25) is 4.79 Å². The number of H-pyrrole nitrogens is 1. The van der Waals surface area contributed by atoms with Gasteiger partial charge in [-0.1, -0.05) is 6.08 Å². The summed E-state index contributed by atoms with van der Waals surface area (Å²) in [5, 5.41) is 2.79. The van der Waals surface area contributed by atoms with E-state index in [9.17, 15) is 9.18 Å². The zero-order valence-electron chi connectivity index (χ0n) is 15.1. The minimum atomic E-state index is -0.370. The Labute approximate surface area is 156 Å². The lowest BCUT2D eigenvalue weighted by Crippen LogP contribution is -2.23. The van der Waals surface area contributed by atoms with Crippen LogP contribution in [0.2, 0.25) is 0 Å². The van der Waals surface area contributed by atoms with E-state index in [0.717, 1.165) is 36.1 Å². The molecule has 4 rings (SSSR count). The number of rotatable bonds is 4. The highest BCUT2D eigenvalue weighted by Crippen LogP contribution is 2.31. The van der Waals surface area contributed by atoms with E-state index in [1.165, 1.54) is 24.3 Å². The summed E-state index contributed by atoms with van der Waals surface area (Å²) in [4.78, 5) is 22.6. The minimum Gasteiger partial charge on any atom is -0.378 e. The third-order valence-electron chi connectivity index (χ3n) is 4.96. The van der Waals surface area contributed by atoms with Gasteiger partial charge in [-0.15, -0.1) is 0 Å². The Hall–Kier alpha value is -3.15. The summed E-state index contributed by atoms with van der Waals surface area (Å²) in [6, 6.07) is 9.13. The van der Waals surface area contributed by atoms with E-state index in [2.05, 4.69) is 39.4 Å². The average molecular weight is 364 g/mol. The topological polar surface area (TPSA) is 61.0 Å². The van der Waals surface area contributed by atoms with Crippen LogP contribution in [-0.2, 0) is 0 Å². The second-order valence-corrected chi connectivity index (χ2v) is 6.66. The molecule has 0 aliphatic carbocycles. The van der Waals surface area contributed by atoms with Gasteiger partial charge in [0.2, 0.25) is 0 Å². The second-order valence-electron chi connectivity index (χ2n) is 6.66. The molecule has 0 spiro atoms. The number of allylic oxidation sites excluding steroid dienone is 1. The molecule has 2 N–H and O–H groups in total. The van der Waals surface area contributed by atoms with Crippen molar-refractivity contribution in [2.45, 2.75) is 19.3 Å². The van der Waals surface area contributed by atoms with Crippen LogP contribution in [0, 0.1) is 5.82 Å². The molecule has 5 nitrogen and oxygen atoms in total. The van der Waals surface area contributed by atoms with E-state index < -0.39 is 0 Å². The first-order valence-corrected chi connectivity index (χ1v) is 9.11. The van der Waals surface area contributed by atoms with Crippen LogP contribution in [0.25, 0.3) is 11.0 Å². The zero-order valence-corrected chi connectivity index (χ0v) is 15.1. The number of aromatic nitrogens is 2. The van der Waals surface area contributed by atoms with Crippen LogP contribution in [0.5, 0.6) is 0 Å². The van der Waals surface area contributed by atoms with Gasteiger partial charge < -0.3 is 15.2 Å². The third kappa shape index (κ3) is 3.56. The van der Waals surface area contributed by atoms with Crippen molar-refractivity contribution < 1.29 is 9.18 Å². The monoisotopic (exact) mass is 364 g/mol. The van der Waals surface area contributed by atoms with Crippen molar-refractivity contribution in [2.24, 2.45) is 0 Å².